The van der Waals surface area contributed by atoms with Crippen LogP contribution in [0.3, 0.4) is 0 Å². The second kappa shape index (κ2) is 6.72. The monoisotopic (exact) mass is 276 g/mol. The van der Waals surface area contributed by atoms with E-state index in [0.717, 1.165) is 18.7 Å². The zero-order chi connectivity index (χ0) is 14.4. The number of nitrogens with one attached hydrogen (secondary N) is 1. The van der Waals surface area contributed by atoms with Gasteiger partial charge in [0.2, 0.25) is 0 Å². The predicted octanol–water partition coefficient (Wildman–Crippen LogP) is 1.71. The smallest absolute Gasteiger partial charge is 0.358 e. The number of carbonyl (C=O) groups is 1. The van der Waals surface area contributed by atoms with E-state index in [1.54, 1.807) is 7.11 Å². The van der Waals surface area contributed by atoms with E-state index >= 15 is 0 Å². The number of ether oxygens (including phenoxy) is 1. The maximum atomic E-state index is 10.6. The first-order chi connectivity index (χ1) is 9.69. The molecule has 0 aliphatic heterocycles. The minimum Gasteiger partial charge on any atom is -0.497 e. The third-order valence-corrected chi connectivity index (χ3v) is 2.83. The number of rotatable bonds is 7. The lowest BCUT2D eigenvalue weighted by Gasteiger charge is -2.04. The number of hydrogen-bond acceptors (Lipinski definition) is 5. The lowest BCUT2D eigenvalue weighted by Crippen LogP contribution is -2.16. The van der Waals surface area contributed by atoms with Gasteiger partial charge in [-0.1, -0.05) is 17.3 Å². The summed E-state index contributed by atoms with van der Waals surface area (Å²) in [6.45, 7) is 1.21. The van der Waals surface area contributed by atoms with E-state index in [4.69, 9.17) is 14.4 Å². The molecule has 0 unspecified atom stereocenters. The molecule has 0 spiro atoms. The van der Waals surface area contributed by atoms with Crippen LogP contribution in [-0.4, -0.2) is 29.9 Å². The third-order valence-electron chi connectivity index (χ3n) is 2.83. The molecule has 6 heteroatoms. The summed E-state index contributed by atoms with van der Waals surface area (Å²) in [5.74, 6) is 0.264. The van der Waals surface area contributed by atoms with Crippen molar-refractivity contribution in [2.45, 2.75) is 13.0 Å². The average Bonchev–Trinajstić information content (AvgIpc) is 2.93. The fraction of sp³-hybridized carbons (Fsp3) is 0.286. The van der Waals surface area contributed by atoms with E-state index in [9.17, 15) is 4.79 Å². The predicted molar refractivity (Wildman–Crippen MR) is 71.9 cm³/mol. The molecule has 0 aliphatic carbocycles. The van der Waals surface area contributed by atoms with Crippen molar-refractivity contribution in [2.75, 3.05) is 13.7 Å². The van der Waals surface area contributed by atoms with Crippen molar-refractivity contribution in [1.29, 1.82) is 0 Å². The number of benzene rings is 1. The van der Waals surface area contributed by atoms with Gasteiger partial charge in [0.05, 0.1) is 13.7 Å². The molecule has 0 radical (unpaired) electrons. The van der Waals surface area contributed by atoms with Gasteiger partial charge in [-0.3, -0.25) is 0 Å². The Morgan fingerprint density at radius 2 is 2.15 bits per heavy atom. The fourth-order valence-corrected chi connectivity index (χ4v) is 1.73. The maximum absolute atomic E-state index is 10.6. The van der Waals surface area contributed by atoms with Gasteiger partial charge in [-0.15, -0.1) is 0 Å². The summed E-state index contributed by atoms with van der Waals surface area (Å²) in [6, 6.07) is 9.29. The molecule has 0 aliphatic rings. The molecule has 0 amide bonds. The van der Waals surface area contributed by atoms with Crippen LogP contribution in [0.1, 0.15) is 21.8 Å². The molecule has 0 atom stereocenters. The van der Waals surface area contributed by atoms with Crippen molar-refractivity contribution in [1.82, 2.24) is 10.5 Å². The van der Waals surface area contributed by atoms with Crippen LogP contribution in [0.2, 0.25) is 0 Å². The Morgan fingerprint density at radius 3 is 2.75 bits per heavy atom. The van der Waals surface area contributed by atoms with Crippen LogP contribution in [0.4, 0.5) is 0 Å². The summed E-state index contributed by atoms with van der Waals surface area (Å²) < 4.78 is 9.99. The molecule has 2 aromatic rings. The van der Waals surface area contributed by atoms with Crippen LogP contribution < -0.4 is 10.1 Å². The van der Waals surface area contributed by atoms with Crippen molar-refractivity contribution in [3.05, 3.63) is 47.3 Å². The lowest BCUT2D eigenvalue weighted by molar-refractivity contribution is 0.0685. The maximum Gasteiger partial charge on any atom is 0.358 e. The first kappa shape index (κ1) is 14.1. The second-order valence-electron chi connectivity index (χ2n) is 4.26. The number of aromatic carboxylic acids is 1. The molecular formula is C14H16N2O4. The number of methoxy groups -OCH3 is 1. The number of aromatic nitrogens is 1. The van der Waals surface area contributed by atoms with Gasteiger partial charge >= 0.3 is 5.97 Å². The Bertz CT molecular complexity index is 563. The zero-order valence-corrected chi connectivity index (χ0v) is 11.1. The van der Waals surface area contributed by atoms with E-state index in [-0.39, 0.29) is 5.69 Å². The Morgan fingerprint density at radius 1 is 1.40 bits per heavy atom. The van der Waals surface area contributed by atoms with Crippen molar-refractivity contribution < 1.29 is 19.2 Å². The summed E-state index contributed by atoms with van der Waals surface area (Å²) in [6.07, 6.45) is 0.865. The van der Waals surface area contributed by atoms with Crippen molar-refractivity contribution in [3.8, 4) is 5.75 Å². The van der Waals surface area contributed by atoms with Gasteiger partial charge in [-0.05, 0) is 30.7 Å². The van der Waals surface area contributed by atoms with Gasteiger partial charge in [-0.2, -0.15) is 0 Å². The molecule has 2 rings (SSSR count). The highest BCUT2D eigenvalue weighted by Crippen LogP contribution is 2.11. The Kier molecular flexibility index (Phi) is 4.73. The van der Waals surface area contributed by atoms with E-state index in [0.29, 0.717) is 12.3 Å². The quantitative estimate of drug-likeness (QED) is 0.749. The van der Waals surface area contributed by atoms with Crippen molar-refractivity contribution >= 4 is 5.97 Å². The van der Waals surface area contributed by atoms with E-state index < -0.39 is 5.97 Å². The molecule has 20 heavy (non-hydrogen) atoms. The topological polar surface area (TPSA) is 84.6 Å². The molecule has 6 nitrogen and oxygen atoms in total. The van der Waals surface area contributed by atoms with Crippen LogP contribution in [0, 0.1) is 0 Å². The number of hydrogen-bond donors (Lipinski definition) is 2. The van der Waals surface area contributed by atoms with Gasteiger partial charge in [-0.25, -0.2) is 4.79 Å². The molecule has 1 heterocycles. The summed E-state index contributed by atoms with van der Waals surface area (Å²) in [7, 11) is 1.64. The molecule has 0 bridgehead atoms. The van der Waals surface area contributed by atoms with Crippen LogP contribution in [0.5, 0.6) is 5.75 Å². The van der Waals surface area contributed by atoms with Crippen LogP contribution >= 0.6 is 0 Å². The van der Waals surface area contributed by atoms with Crippen LogP contribution in [-0.2, 0) is 13.0 Å². The SMILES string of the molecule is COc1ccc(CCNCc2cc(C(=O)O)no2)cc1. The average molecular weight is 276 g/mol. The van der Waals surface area contributed by atoms with E-state index in [1.165, 1.54) is 11.6 Å². The van der Waals surface area contributed by atoms with Gasteiger partial charge in [0, 0.05) is 6.07 Å². The first-order valence-corrected chi connectivity index (χ1v) is 6.21. The number of carboxylic acids is 1. The standard InChI is InChI=1S/C14H16N2O4/c1-19-11-4-2-10(3-5-11)6-7-15-9-12-8-13(14(17)18)16-20-12/h2-5,8,15H,6-7,9H2,1H3,(H,17,18). The molecule has 106 valence electrons. The normalized spacial score (nSPS) is 10.4. The van der Waals surface area contributed by atoms with E-state index in [2.05, 4.69) is 10.5 Å². The summed E-state index contributed by atoms with van der Waals surface area (Å²) in [4.78, 5) is 10.6. The summed E-state index contributed by atoms with van der Waals surface area (Å²) in [5, 5.41) is 15.3. The van der Waals surface area contributed by atoms with E-state index in [1.807, 2.05) is 24.3 Å². The highest BCUT2D eigenvalue weighted by atomic mass is 16.5. The van der Waals surface area contributed by atoms with Gasteiger partial charge in [0.15, 0.2) is 11.5 Å². The van der Waals surface area contributed by atoms with Crippen molar-refractivity contribution in [3.63, 3.8) is 0 Å². The third kappa shape index (κ3) is 3.83. The highest BCUT2D eigenvalue weighted by molar-refractivity contribution is 5.85. The number of carboxylic acid groups (broad SMARTS) is 1. The van der Waals surface area contributed by atoms with Gasteiger partial charge in [0.25, 0.3) is 0 Å². The minimum atomic E-state index is -1.08. The minimum absolute atomic E-state index is 0.0723. The largest absolute Gasteiger partial charge is 0.497 e. The molecule has 0 saturated heterocycles. The molecular weight excluding hydrogens is 260 g/mol. The first-order valence-electron chi connectivity index (χ1n) is 6.21. The molecule has 2 N–H and O–H groups in total. The molecule has 1 aromatic heterocycles. The van der Waals surface area contributed by atoms with Gasteiger partial charge < -0.3 is 19.7 Å². The second-order valence-corrected chi connectivity index (χ2v) is 4.26. The Hall–Kier alpha value is -2.34. The summed E-state index contributed by atoms with van der Waals surface area (Å²) >= 11 is 0. The Balaban J connectivity index is 1.73. The zero-order valence-electron chi connectivity index (χ0n) is 11.1. The van der Waals surface area contributed by atoms with Crippen LogP contribution in [0.25, 0.3) is 0 Å². The highest BCUT2D eigenvalue weighted by Gasteiger charge is 2.09. The van der Waals surface area contributed by atoms with Crippen molar-refractivity contribution in [2.24, 2.45) is 0 Å². The molecule has 1 aromatic carbocycles. The summed E-state index contributed by atoms with van der Waals surface area (Å²) in [5.41, 5.74) is 1.12. The van der Waals surface area contributed by atoms with Crippen LogP contribution in [0.15, 0.2) is 34.9 Å². The molecule has 0 fully saturated rings. The number of nitrogens with zero attached hydrogens (tertiary/aromatic N) is 1. The fourth-order valence-electron chi connectivity index (χ4n) is 1.73. The lowest BCUT2D eigenvalue weighted by atomic mass is 10.1. The van der Waals surface area contributed by atoms with Gasteiger partial charge in [0.1, 0.15) is 5.75 Å². The molecule has 0 saturated carbocycles. The Labute approximate surface area is 116 Å².